The zero-order valence-corrected chi connectivity index (χ0v) is 16.4. The van der Waals surface area contributed by atoms with Gasteiger partial charge in [0.1, 0.15) is 5.58 Å². The molecule has 2 aromatic carbocycles. The number of para-hydroxylation sites is 1. The molecule has 140 valence electrons. The quantitative estimate of drug-likeness (QED) is 0.629. The molecular weight excluding hydrogens is 360 g/mol. The fraction of sp³-hybridized carbons (Fsp3) is 0.318. The number of hydrogen-bond donors (Lipinski definition) is 0. The van der Waals surface area contributed by atoms with Crippen molar-refractivity contribution in [3.05, 3.63) is 64.9 Å². The van der Waals surface area contributed by atoms with Crippen LogP contribution in [0.25, 0.3) is 11.0 Å². The Morgan fingerprint density at radius 3 is 2.56 bits per heavy atom. The van der Waals surface area contributed by atoms with E-state index in [1.807, 2.05) is 30.0 Å². The average molecular weight is 383 g/mol. The van der Waals surface area contributed by atoms with Gasteiger partial charge in [0.05, 0.1) is 0 Å². The van der Waals surface area contributed by atoms with Crippen molar-refractivity contribution >= 4 is 34.2 Å². The van der Waals surface area contributed by atoms with Crippen molar-refractivity contribution in [1.82, 2.24) is 4.90 Å². The first kappa shape index (κ1) is 17.9. The molecule has 4 nitrogen and oxygen atoms in total. The number of aryl methyl sites for hydroxylation is 1. The Hall–Kier alpha value is -2.46. The van der Waals surface area contributed by atoms with E-state index in [9.17, 15) is 4.79 Å². The smallest absolute Gasteiger partial charge is 0.289 e. The molecule has 4 rings (SSSR count). The van der Waals surface area contributed by atoms with Crippen LogP contribution < -0.4 is 4.90 Å². The van der Waals surface area contributed by atoms with Crippen molar-refractivity contribution in [2.45, 2.75) is 25.8 Å². The molecular formula is C22H23ClN2O2. The number of fused-ring (bicyclic) bond motifs is 1. The summed E-state index contributed by atoms with van der Waals surface area (Å²) in [7, 11) is 2.13. The van der Waals surface area contributed by atoms with Gasteiger partial charge in [0.15, 0.2) is 5.76 Å². The van der Waals surface area contributed by atoms with Crippen LogP contribution in [0.15, 0.2) is 52.9 Å². The summed E-state index contributed by atoms with van der Waals surface area (Å²) < 4.78 is 5.85. The second-order valence-corrected chi connectivity index (χ2v) is 7.60. The summed E-state index contributed by atoms with van der Waals surface area (Å²) in [5.74, 6) is 0.405. The first-order chi connectivity index (χ1) is 13.0. The largest absolute Gasteiger partial charge is 0.451 e. The van der Waals surface area contributed by atoms with Gasteiger partial charge in [0, 0.05) is 47.8 Å². The predicted molar refractivity (Wildman–Crippen MR) is 110 cm³/mol. The number of halogens is 1. The molecule has 0 unspecified atom stereocenters. The zero-order valence-electron chi connectivity index (χ0n) is 15.6. The second kappa shape index (κ2) is 7.28. The summed E-state index contributed by atoms with van der Waals surface area (Å²) in [6, 6.07) is 16.3. The van der Waals surface area contributed by atoms with Gasteiger partial charge in [-0.15, -0.1) is 0 Å². The SMILES string of the molecule is Cc1c(C(=O)N2CCC(N(C)c3ccccc3)CC2)oc2ccc(Cl)cc12. The molecule has 1 saturated heterocycles. The van der Waals surface area contributed by atoms with E-state index >= 15 is 0 Å². The number of anilines is 1. The topological polar surface area (TPSA) is 36.7 Å². The first-order valence-electron chi connectivity index (χ1n) is 9.30. The van der Waals surface area contributed by atoms with Gasteiger partial charge in [-0.3, -0.25) is 4.79 Å². The summed E-state index contributed by atoms with van der Waals surface area (Å²) in [6.07, 6.45) is 1.89. The maximum atomic E-state index is 13.0. The Morgan fingerprint density at radius 1 is 1.15 bits per heavy atom. The minimum absolute atomic E-state index is 0.0272. The van der Waals surface area contributed by atoms with Crippen molar-refractivity contribution in [3.63, 3.8) is 0 Å². The van der Waals surface area contributed by atoms with Crippen molar-refractivity contribution in [3.8, 4) is 0 Å². The highest BCUT2D eigenvalue weighted by Crippen LogP contribution is 2.30. The van der Waals surface area contributed by atoms with E-state index in [2.05, 4.69) is 36.2 Å². The molecule has 0 spiro atoms. The molecule has 5 heteroatoms. The number of furan rings is 1. The van der Waals surface area contributed by atoms with Gasteiger partial charge in [-0.2, -0.15) is 0 Å². The van der Waals surface area contributed by atoms with Crippen molar-refractivity contribution in [1.29, 1.82) is 0 Å². The van der Waals surface area contributed by atoms with Crippen LogP contribution >= 0.6 is 11.6 Å². The lowest BCUT2D eigenvalue weighted by Crippen LogP contribution is -2.45. The molecule has 3 aromatic rings. The van der Waals surface area contributed by atoms with Crippen LogP contribution in [-0.2, 0) is 0 Å². The van der Waals surface area contributed by atoms with Gasteiger partial charge < -0.3 is 14.2 Å². The van der Waals surface area contributed by atoms with Crippen molar-refractivity contribution in [2.24, 2.45) is 0 Å². The predicted octanol–water partition coefficient (Wildman–Crippen LogP) is 5.14. The third-order valence-electron chi connectivity index (χ3n) is 5.56. The van der Waals surface area contributed by atoms with E-state index in [0.717, 1.165) is 36.9 Å². The second-order valence-electron chi connectivity index (χ2n) is 7.17. The van der Waals surface area contributed by atoms with Crippen LogP contribution in [0.4, 0.5) is 5.69 Å². The Morgan fingerprint density at radius 2 is 1.85 bits per heavy atom. The summed E-state index contributed by atoms with van der Waals surface area (Å²) in [6.45, 7) is 3.39. The summed E-state index contributed by atoms with van der Waals surface area (Å²) >= 11 is 6.08. The monoisotopic (exact) mass is 382 g/mol. The number of carbonyl (C=O) groups is 1. The lowest BCUT2D eigenvalue weighted by atomic mass is 10.0. The number of likely N-dealkylation sites (tertiary alicyclic amines) is 1. The highest BCUT2D eigenvalue weighted by Gasteiger charge is 2.29. The molecule has 1 fully saturated rings. The molecule has 1 aliphatic rings. The van der Waals surface area contributed by atoms with E-state index in [1.54, 1.807) is 6.07 Å². The molecule has 27 heavy (non-hydrogen) atoms. The lowest BCUT2D eigenvalue weighted by Gasteiger charge is -2.37. The molecule has 2 heterocycles. The third kappa shape index (κ3) is 3.42. The number of piperidine rings is 1. The van der Waals surface area contributed by atoms with E-state index in [4.69, 9.17) is 16.0 Å². The Kier molecular flexibility index (Phi) is 4.83. The van der Waals surface area contributed by atoms with Crippen LogP contribution in [0, 0.1) is 6.92 Å². The summed E-state index contributed by atoms with van der Waals surface area (Å²) in [5, 5.41) is 1.56. The first-order valence-corrected chi connectivity index (χ1v) is 9.68. The Bertz CT molecular complexity index is 959. The fourth-order valence-electron chi connectivity index (χ4n) is 3.87. The highest BCUT2D eigenvalue weighted by atomic mass is 35.5. The summed E-state index contributed by atoms with van der Waals surface area (Å²) in [5.41, 5.74) is 2.78. The van der Waals surface area contributed by atoms with Crippen molar-refractivity contribution in [2.75, 3.05) is 25.0 Å². The van der Waals surface area contributed by atoms with E-state index in [0.29, 0.717) is 22.4 Å². The average Bonchev–Trinajstić information content (AvgIpc) is 3.04. The van der Waals surface area contributed by atoms with E-state index in [-0.39, 0.29) is 5.91 Å². The number of rotatable bonds is 3. The molecule has 0 bridgehead atoms. The lowest BCUT2D eigenvalue weighted by molar-refractivity contribution is 0.0682. The Balaban J connectivity index is 1.47. The minimum Gasteiger partial charge on any atom is -0.451 e. The number of nitrogens with zero attached hydrogens (tertiary/aromatic N) is 2. The number of benzene rings is 2. The van der Waals surface area contributed by atoms with Crippen LogP contribution in [-0.4, -0.2) is 37.0 Å². The Labute approximate surface area is 164 Å². The zero-order chi connectivity index (χ0) is 19.0. The maximum absolute atomic E-state index is 13.0. The van der Waals surface area contributed by atoms with Gasteiger partial charge in [0.2, 0.25) is 0 Å². The van der Waals surface area contributed by atoms with E-state index in [1.165, 1.54) is 5.69 Å². The van der Waals surface area contributed by atoms with Crippen molar-refractivity contribution < 1.29 is 9.21 Å². The highest BCUT2D eigenvalue weighted by molar-refractivity contribution is 6.31. The van der Waals surface area contributed by atoms with Crippen LogP contribution in [0.2, 0.25) is 5.02 Å². The summed E-state index contributed by atoms with van der Waals surface area (Å²) in [4.78, 5) is 17.2. The molecule has 1 aromatic heterocycles. The van der Waals surface area contributed by atoms with Gasteiger partial charge in [0.25, 0.3) is 5.91 Å². The molecule has 0 saturated carbocycles. The standard InChI is InChI=1S/C22H23ClN2O2/c1-15-19-14-16(23)8-9-20(19)27-21(15)22(26)25-12-10-18(11-13-25)24(2)17-6-4-3-5-7-17/h3-9,14,18H,10-13H2,1-2H3. The van der Waals surface area contributed by atoms with Crippen LogP contribution in [0.3, 0.4) is 0 Å². The van der Waals surface area contributed by atoms with Gasteiger partial charge in [-0.25, -0.2) is 0 Å². The fourth-order valence-corrected chi connectivity index (χ4v) is 4.04. The number of amides is 1. The molecule has 0 N–H and O–H groups in total. The molecule has 0 aliphatic carbocycles. The van der Waals surface area contributed by atoms with E-state index < -0.39 is 0 Å². The molecule has 0 radical (unpaired) electrons. The van der Waals surface area contributed by atoms with Crippen LogP contribution in [0.1, 0.15) is 29.0 Å². The number of carbonyl (C=O) groups excluding carboxylic acids is 1. The number of hydrogen-bond acceptors (Lipinski definition) is 3. The molecule has 0 atom stereocenters. The van der Waals surface area contributed by atoms with Gasteiger partial charge >= 0.3 is 0 Å². The normalized spacial score (nSPS) is 15.3. The van der Waals surface area contributed by atoms with Gasteiger partial charge in [-0.1, -0.05) is 29.8 Å². The maximum Gasteiger partial charge on any atom is 0.289 e. The molecule has 1 amide bonds. The third-order valence-corrected chi connectivity index (χ3v) is 5.79. The minimum atomic E-state index is -0.0272. The van der Waals surface area contributed by atoms with Crippen LogP contribution in [0.5, 0.6) is 0 Å². The van der Waals surface area contributed by atoms with Gasteiger partial charge in [-0.05, 0) is 50.1 Å². The molecule has 1 aliphatic heterocycles.